The van der Waals surface area contributed by atoms with Crippen LogP contribution in [0.4, 0.5) is 0 Å². The molecule has 0 unspecified atom stereocenters. The Kier molecular flexibility index (Phi) is 4.06. The molecule has 2 aliphatic rings. The predicted molar refractivity (Wildman–Crippen MR) is 84.1 cm³/mol. The molecule has 20 heavy (non-hydrogen) atoms. The lowest BCUT2D eigenvalue weighted by atomic mass is 9.95. The second-order valence-electron chi connectivity index (χ2n) is 6.42. The van der Waals surface area contributed by atoms with Gasteiger partial charge < -0.3 is 5.32 Å². The fourth-order valence-corrected chi connectivity index (χ4v) is 4.63. The van der Waals surface area contributed by atoms with Gasteiger partial charge in [-0.2, -0.15) is 0 Å². The van der Waals surface area contributed by atoms with E-state index in [1.54, 1.807) is 11.8 Å². The number of benzene rings is 1. The molecule has 0 radical (unpaired) electrons. The number of carbonyl (C=O) groups excluding carboxylic acids is 1. The minimum Gasteiger partial charge on any atom is -0.349 e. The van der Waals surface area contributed by atoms with Crippen LogP contribution in [-0.2, 0) is 0 Å². The summed E-state index contributed by atoms with van der Waals surface area (Å²) in [5.74, 6) is 1.71. The smallest absolute Gasteiger partial charge is 0.252 e. The van der Waals surface area contributed by atoms with Crippen LogP contribution in [0.25, 0.3) is 0 Å². The molecule has 0 aromatic heterocycles. The van der Waals surface area contributed by atoms with Crippen molar-refractivity contribution in [3.05, 3.63) is 29.8 Å². The largest absolute Gasteiger partial charge is 0.349 e. The molecule has 2 fully saturated rings. The van der Waals surface area contributed by atoms with E-state index in [1.165, 1.54) is 25.7 Å². The van der Waals surface area contributed by atoms with E-state index in [2.05, 4.69) is 25.2 Å². The average molecular weight is 289 g/mol. The normalized spacial score (nSPS) is 28.1. The summed E-state index contributed by atoms with van der Waals surface area (Å²) in [5, 5.41) is 3.78. The van der Waals surface area contributed by atoms with E-state index < -0.39 is 0 Å². The fourth-order valence-electron chi connectivity index (χ4n) is 3.68. The van der Waals surface area contributed by atoms with Gasteiger partial charge in [0.05, 0.1) is 5.56 Å². The molecule has 108 valence electrons. The van der Waals surface area contributed by atoms with E-state index in [1.807, 2.05) is 18.2 Å². The third-order valence-electron chi connectivity index (χ3n) is 4.55. The molecule has 0 heterocycles. The van der Waals surface area contributed by atoms with E-state index in [4.69, 9.17) is 0 Å². The van der Waals surface area contributed by atoms with Crippen molar-refractivity contribution >= 4 is 17.7 Å². The van der Waals surface area contributed by atoms with E-state index in [0.717, 1.165) is 22.3 Å². The summed E-state index contributed by atoms with van der Waals surface area (Å²) >= 11 is 1.77. The first-order valence-corrected chi connectivity index (χ1v) is 8.58. The van der Waals surface area contributed by atoms with Gasteiger partial charge >= 0.3 is 0 Å². The molecule has 2 bridgehead atoms. The highest BCUT2D eigenvalue weighted by Crippen LogP contribution is 2.44. The highest BCUT2D eigenvalue weighted by Gasteiger charge is 2.40. The topological polar surface area (TPSA) is 29.1 Å². The number of rotatable bonds is 4. The van der Waals surface area contributed by atoms with Gasteiger partial charge in [0.15, 0.2) is 0 Å². The van der Waals surface area contributed by atoms with Crippen LogP contribution in [0.5, 0.6) is 0 Å². The van der Waals surface area contributed by atoms with Gasteiger partial charge in [0.1, 0.15) is 0 Å². The van der Waals surface area contributed by atoms with E-state index >= 15 is 0 Å². The van der Waals surface area contributed by atoms with Crippen molar-refractivity contribution in [3.8, 4) is 0 Å². The van der Waals surface area contributed by atoms with Crippen LogP contribution in [0.3, 0.4) is 0 Å². The van der Waals surface area contributed by atoms with Crippen molar-refractivity contribution in [2.24, 2.45) is 11.8 Å². The fraction of sp³-hybridized carbons (Fsp3) is 0.588. The molecular formula is C17H23NOS. The van der Waals surface area contributed by atoms with Crippen LogP contribution in [0, 0.1) is 11.8 Å². The van der Waals surface area contributed by atoms with Crippen LogP contribution in [0.1, 0.15) is 49.9 Å². The average Bonchev–Trinajstić information content (AvgIpc) is 3.00. The van der Waals surface area contributed by atoms with Gasteiger partial charge in [0.25, 0.3) is 5.91 Å². The van der Waals surface area contributed by atoms with Gasteiger partial charge in [-0.3, -0.25) is 4.79 Å². The molecule has 1 N–H and O–H groups in total. The van der Waals surface area contributed by atoms with Crippen LogP contribution in [0.2, 0.25) is 0 Å². The Bertz CT molecular complexity index is 500. The van der Waals surface area contributed by atoms with Gasteiger partial charge in [-0.1, -0.05) is 32.4 Å². The molecule has 0 saturated heterocycles. The Hall–Kier alpha value is -0.960. The number of carbonyl (C=O) groups is 1. The van der Waals surface area contributed by atoms with Crippen molar-refractivity contribution in [2.45, 2.75) is 55.7 Å². The summed E-state index contributed by atoms with van der Waals surface area (Å²) in [4.78, 5) is 13.7. The second-order valence-corrected chi connectivity index (χ2v) is 8.04. The Morgan fingerprint density at radius 1 is 1.25 bits per heavy atom. The summed E-state index contributed by atoms with van der Waals surface area (Å²) in [7, 11) is 0. The number of hydrogen-bond donors (Lipinski definition) is 1. The summed E-state index contributed by atoms with van der Waals surface area (Å²) in [5.41, 5.74) is 0.842. The third kappa shape index (κ3) is 2.88. The molecule has 3 rings (SSSR count). The summed E-state index contributed by atoms with van der Waals surface area (Å²) < 4.78 is 0. The van der Waals surface area contributed by atoms with Crippen molar-refractivity contribution in [1.29, 1.82) is 0 Å². The maximum absolute atomic E-state index is 12.6. The van der Waals surface area contributed by atoms with E-state index in [-0.39, 0.29) is 5.91 Å². The monoisotopic (exact) mass is 289 g/mol. The molecule has 2 saturated carbocycles. The molecule has 0 spiro atoms. The molecule has 2 nitrogen and oxygen atoms in total. The molecule has 1 aromatic carbocycles. The predicted octanol–water partition coefficient (Wildman–Crippen LogP) is 4.11. The van der Waals surface area contributed by atoms with Crippen LogP contribution in [0.15, 0.2) is 29.2 Å². The Morgan fingerprint density at radius 3 is 2.70 bits per heavy atom. The first-order valence-electron chi connectivity index (χ1n) is 7.70. The van der Waals surface area contributed by atoms with Gasteiger partial charge in [-0.15, -0.1) is 11.8 Å². The lowest BCUT2D eigenvalue weighted by molar-refractivity contribution is 0.0920. The lowest BCUT2D eigenvalue weighted by Gasteiger charge is -2.23. The highest BCUT2D eigenvalue weighted by molar-refractivity contribution is 8.00. The van der Waals surface area contributed by atoms with Gasteiger partial charge in [0.2, 0.25) is 0 Å². The maximum atomic E-state index is 12.6. The van der Waals surface area contributed by atoms with Gasteiger partial charge in [-0.25, -0.2) is 0 Å². The van der Waals surface area contributed by atoms with Crippen LogP contribution in [-0.4, -0.2) is 17.2 Å². The van der Waals surface area contributed by atoms with Crippen molar-refractivity contribution in [1.82, 2.24) is 5.32 Å². The number of fused-ring (bicyclic) bond motifs is 2. The van der Waals surface area contributed by atoms with Gasteiger partial charge in [-0.05, 0) is 43.2 Å². The van der Waals surface area contributed by atoms with E-state index in [9.17, 15) is 4.79 Å². The van der Waals surface area contributed by atoms with Crippen molar-refractivity contribution < 1.29 is 4.79 Å². The molecule has 2 aliphatic carbocycles. The molecule has 0 aliphatic heterocycles. The second kappa shape index (κ2) is 5.80. The zero-order valence-electron chi connectivity index (χ0n) is 12.3. The zero-order chi connectivity index (χ0) is 14.1. The quantitative estimate of drug-likeness (QED) is 0.845. The summed E-state index contributed by atoms with van der Waals surface area (Å²) in [6.45, 7) is 4.32. The highest BCUT2D eigenvalue weighted by atomic mass is 32.2. The number of thioether (sulfide) groups is 1. The first-order chi connectivity index (χ1) is 9.63. The van der Waals surface area contributed by atoms with Crippen LogP contribution >= 0.6 is 11.8 Å². The number of hydrogen-bond acceptors (Lipinski definition) is 2. The Balaban J connectivity index is 1.70. The van der Waals surface area contributed by atoms with Gasteiger partial charge in [0, 0.05) is 16.2 Å². The molecule has 3 heteroatoms. The van der Waals surface area contributed by atoms with Crippen molar-refractivity contribution in [3.63, 3.8) is 0 Å². The number of amides is 1. The van der Waals surface area contributed by atoms with Crippen LogP contribution < -0.4 is 5.32 Å². The Labute approximate surface area is 125 Å². The SMILES string of the molecule is CC(C)Sc1ccccc1C(=O)N[C@@H]1C[C@H]2CC[C@H]1C2. The summed E-state index contributed by atoms with van der Waals surface area (Å²) in [6, 6.07) is 8.39. The molecular weight excluding hydrogens is 266 g/mol. The standard InChI is InChI=1S/C17H23NOS/c1-11(2)20-16-6-4-3-5-14(16)17(19)18-15-10-12-7-8-13(15)9-12/h3-6,11-13,15H,7-10H2,1-2H3,(H,18,19)/t12-,13-,15+/m0/s1. The first kappa shape index (κ1) is 14.0. The minimum atomic E-state index is 0.117. The molecule has 3 atom stereocenters. The zero-order valence-corrected chi connectivity index (χ0v) is 13.1. The third-order valence-corrected chi connectivity index (χ3v) is 5.63. The molecule has 1 aromatic rings. The summed E-state index contributed by atoms with van der Waals surface area (Å²) in [6.07, 6.45) is 5.19. The van der Waals surface area contributed by atoms with E-state index in [0.29, 0.717) is 11.3 Å². The maximum Gasteiger partial charge on any atom is 0.252 e. The molecule has 1 amide bonds. The number of nitrogens with one attached hydrogen (secondary N) is 1. The Morgan fingerprint density at radius 2 is 2.05 bits per heavy atom. The van der Waals surface area contributed by atoms with Crippen molar-refractivity contribution in [2.75, 3.05) is 0 Å². The minimum absolute atomic E-state index is 0.117. The lowest BCUT2D eigenvalue weighted by Crippen LogP contribution is -2.38.